The van der Waals surface area contributed by atoms with Crippen LogP contribution in [0.1, 0.15) is 16.7 Å². The number of aromatic nitrogens is 1. The fraction of sp³-hybridized carbons (Fsp3) is 0.100. The van der Waals surface area contributed by atoms with E-state index < -0.39 is 0 Å². The maximum Gasteiger partial charge on any atom is 0.264 e. The quantitative estimate of drug-likeness (QED) is 0.726. The van der Waals surface area contributed by atoms with E-state index >= 15 is 0 Å². The Labute approximate surface area is 140 Å². The molecule has 0 fully saturated rings. The van der Waals surface area contributed by atoms with Crippen LogP contribution in [0.15, 0.2) is 65.5 Å². The minimum absolute atomic E-state index is 0.0148. The van der Waals surface area contributed by atoms with Crippen molar-refractivity contribution in [1.29, 1.82) is 5.41 Å². The van der Waals surface area contributed by atoms with E-state index in [0.29, 0.717) is 11.3 Å². The molecule has 0 amide bonds. The third-order valence-electron chi connectivity index (χ3n) is 4.14. The first-order chi connectivity index (χ1) is 11.5. The molecule has 120 valence electrons. The van der Waals surface area contributed by atoms with Crippen LogP contribution in [-0.2, 0) is 7.05 Å². The number of hydrogen-bond acceptors (Lipinski definition) is 3. The maximum atomic E-state index is 12.8. The lowest BCUT2D eigenvalue weighted by Gasteiger charge is -2.15. The van der Waals surface area contributed by atoms with Gasteiger partial charge in [-0.15, -0.1) is 0 Å². The van der Waals surface area contributed by atoms with Crippen molar-refractivity contribution in [3.63, 3.8) is 0 Å². The smallest absolute Gasteiger partial charge is 0.264 e. The second-order valence-electron chi connectivity index (χ2n) is 5.71. The summed E-state index contributed by atoms with van der Waals surface area (Å²) in [7, 11) is 1.66. The van der Waals surface area contributed by atoms with Crippen molar-refractivity contribution in [2.24, 2.45) is 7.05 Å². The van der Waals surface area contributed by atoms with Gasteiger partial charge in [-0.1, -0.05) is 54.6 Å². The van der Waals surface area contributed by atoms with Gasteiger partial charge in [0.25, 0.3) is 5.56 Å². The standard InChI is InChI=1S/C20H18N2O2/c1-13-8-6-7-11-15(13)16-12-17(23)18(20(24)22(16)2)19(21)14-9-4-3-5-10-14/h3-12,21,23H,1-2H3. The van der Waals surface area contributed by atoms with Gasteiger partial charge >= 0.3 is 0 Å². The van der Waals surface area contributed by atoms with Crippen molar-refractivity contribution in [1.82, 2.24) is 4.57 Å². The molecule has 3 aromatic rings. The molecule has 0 aliphatic heterocycles. The van der Waals surface area contributed by atoms with Gasteiger partial charge in [-0.05, 0) is 12.5 Å². The lowest BCUT2D eigenvalue weighted by Crippen LogP contribution is -2.26. The molecule has 3 rings (SSSR count). The Bertz CT molecular complexity index is 973. The van der Waals surface area contributed by atoms with Crippen LogP contribution in [0, 0.1) is 12.3 Å². The zero-order valence-corrected chi connectivity index (χ0v) is 13.6. The molecule has 0 radical (unpaired) electrons. The first kappa shape index (κ1) is 15.7. The summed E-state index contributed by atoms with van der Waals surface area (Å²) in [5, 5.41) is 18.7. The van der Waals surface area contributed by atoms with Crippen molar-refractivity contribution in [2.75, 3.05) is 0 Å². The van der Waals surface area contributed by atoms with E-state index in [2.05, 4.69) is 0 Å². The zero-order chi connectivity index (χ0) is 17.3. The van der Waals surface area contributed by atoms with E-state index in [1.165, 1.54) is 4.57 Å². The lowest BCUT2D eigenvalue weighted by atomic mass is 10.00. The molecule has 0 unspecified atom stereocenters. The molecule has 1 aromatic heterocycles. The van der Waals surface area contributed by atoms with E-state index in [1.807, 2.05) is 37.3 Å². The molecule has 1 heterocycles. The third-order valence-corrected chi connectivity index (χ3v) is 4.14. The summed E-state index contributed by atoms with van der Waals surface area (Å²) in [6.07, 6.45) is 0. The van der Waals surface area contributed by atoms with Crippen molar-refractivity contribution in [3.05, 3.63) is 87.7 Å². The SMILES string of the molecule is Cc1ccccc1-c1cc(O)c(C(=N)c2ccccc2)c(=O)n1C. The highest BCUT2D eigenvalue weighted by Gasteiger charge is 2.19. The Morgan fingerprint density at radius 3 is 2.33 bits per heavy atom. The zero-order valence-electron chi connectivity index (χ0n) is 13.6. The monoisotopic (exact) mass is 318 g/mol. The molecular formula is C20H18N2O2. The van der Waals surface area contributed by atoms with E-state index in [9.17, 15) is 9.90 Å². The fourth-order valence-corrected chi connectivity index (χ4v) is 2.79. The molecule has 0 aliphatic rings. The van der Waals surface area contributed by atoms with E-state index in [-0.39, 0.29) is 22.6 Å². The molecule has 0 bridgehead atoms. The van der Waals surface area contributed by atoms with Crippen LogP contribution in [-0.4, -0.2) is 15.4 Å². The Kier molecular flexibility index (Phi) is 4.04. The fourth-order valence-electron chi connectivity index (χ4n) is 2.79. The van der Waals surface area contributed by atoms with Crippen molar-refractivity contribution < 1.29 is 5.11 Å². The van der Waals surface area contributed by atoms with Gasteiger partial charge in [-0.2, -0.15) is 0 Å². The summed E-state index contributed by atoms with van der Waals surface area (Å²) >= 11 is 0. The third kappa shape index (κ3) is 2.63. The predicted molar refractivity (Wildman–Crippen MR) is 95.9 cm³/mol. The highest BCUT2D eigenvalue weighted by atomic mass is 16.3. The molecule has 0 aliphatic carbocycles. The average molecular weight is 318 g/mol. The molecule has 24 heavy (non-hydrogen) atoms. The number of benzene rings is 2. The molecule has 2 N–H and O–H groups in total. The number of nitrogens with zero attached hydrogens (tertiary/aromatic N) is 1. The van der Waals surface area contributed by atoms with Crippen molar-refractivity contribution >= 4 is 5.71 Å². The van der Waals surface area contributed by atoms with Gasteiger partial charge in [0.15, 0.2) is 0 Å². The molecule has 0 atom stereocenters. The summed E-state index contributed by atoms with van der Waals surface area (Å²) < 4.78 is 1.48. The van der Waals surface area contributed by atoms with E-state index in [1.54, 1.807) is 37.4 Å². The second kappa shape index (κ2) is 6.16. The summed E-state index contributed by atoms with van der Waals surface area (Å²) in [6, 6.07) is 18.2. The molecule has 4 heteroatoms. The maximum absolute atomic E-state index is 12.8. The highest BCUT2D eigenvalue weighted by Crippen LogP contribution is 2.27. The van der Waals surface area contributed by atoms with Crippen LogP contribution < -0.4 is 5.56 Å². The van der Waals surface area contributed by atoms with Crippen LogP contribution >= 0.6 is 0 Å². The number of aromatic hydroxyl groups is 1. The van der Waals surface area contributed by atoms with Crippen molar-refractivity contribution in [3.8, 4) is 17.0 Å². The number of nitrogens with one attached hydrogen (secondary N) is 1. The van der Waals surface area contributed by atoms with Gasteiger partial charge in [-0.25, -0.2) is 0 Å². The number of pyridine rings is 1. The van der Waals surface area contributed by atoms with Gasteiger partial charge in [0, 0.05) is 24.2 Å². The summed E-state index contributed by atoms with van der Waals surface area (Å²) in [5.41, 5.74) is 2.75. The Morgan fingerprint density at radius 1 is 1.04 bits per heavy atom. The second-order valence-corrected chi connectivity index (χ2v) is 5.71. The van der Waals surface area contributed by atoms with Crippen LogP contribution in [0.3, 0.4) is 0 Å². The van der Waals surface area contributed by atoms with E-state index in [4.69, 9.17) is 5.41 Å². The van der Waals surface area contributed by atoms with Gasteiger partial charge < -0.3 is 9.67 Å². The molecule has 2 aromatic carbocycles. The Hall–Kier alpha value is -3.14. The van der Waals surface area contributed by atoms with Gasteiger partial charge in [0.1, 0.15) is 11.3 Å². The first-order valence-electron chi connectivity index (χ1n) is 7.64. The summed E-state index contributed by atoms with van der Waals surface area (Å²) in [5.74, 6) is -0.176. The molecule has 0 spiro atoms. The first-order valence-corrected chi connectivity index (χ1v) is 7.64. The molecule has 0 saturated carbocycles. The summed E-state index contributed by atoms with van der Waals surface area (Å²) in [6.45, 7) is 1.96. The number of rotatable bonds is 3. The average Bonchev–Trinajstić information content (AvgIpc) is 2.59. The minimum Gasteiger partial charge on any atom is -0.507 e. The topological polar surface area (TPSA) is 66.1 Å². The number of hydrogen-bond donors (Lipinski definition) is 2. The van der Waals surface area contributed by atoms with Crippen molar-refractivity contribution in [2.45, 2.75) is 6.92 Å². The van der Waals surface area contributed by atoms with E-state index in [0.717, 1.165) is 11.1 Å². The van der Waals surface area contributed by atoms with Gasteiger partial charge in [-0.3, -0.25) is 10.2 Å². The van der Waals surface area contributed by atoms with Gasteiger partial charge in [0.05, 0.1) is 11.4 Å². The predicted octanol–water partition coefficient (Wildman–Crippen LogP) is 3.48. The van der Waals surface area contributed by atoms with Crippen LogP contribution in [0.4, 0.5) is 0 Å². The molecule has 0 saturated heterocycles. The van der Waals surface area contributed by atoms with Crippen LogP contribution in [0.25, 0.3) is 11.3 Å². The highest BCUT2D eigenvalue weighted by molar-refractivity contribution is 6.12. The van der Waals surface area contributed by atoms with Crippen LogP contribution in [0.2, 0.25) is 0 Å². The Balaban J connectivity index is 2.19. The largest absolute Gasteiger partial charge is 0.507 e. The lowest BCUT2D eigenvalue weighted by molar-refractivity contribution is 0.471. The number of aryl methyl sites for hydroxylation is 1. The molecular weight excluding hydrogens is 300 g/mol. The minimum atomic E-state index is -0.387. The summed E-state index contributed by atoms with van der Waals surface area (Å²) in [4.78, 5) is 12.8. The normalized spacial score (nSPS) is 10.6. The Morgan fingerprint density at radius 2 is 1.67 bits per heavy atom. The van der Waals surface area contributed by atoms with Crippen LogP contribution in [0.5, 0.6) is 5.75 Å². The molecule has 4 nitrogen and oxygen atoms in total. The van der Waals surface area contributed by atoms with Gasteiger partial charge in [0.2, 0.25) is 0 Å².